The molecule has 0 aliphatic rings. The molecule has 0 fully saturated rings. The number of hydrogen-bond donors (Lipinski definition) is 1. The number of pyridine rings is 1. The highest BCUT2D eigenvalue weighted by Gasteiger charge is 2.12. The molecule has 4 aromatic rings. The molecule has 1 N–H and O–H groups in total. The van der Waals surface area contributed by atoms with Crippen LogP contribution in [0.5, 0.6) is 0 Å². The maximum Gasteiger partial charge on any atom is 0.0973 e. The van der Waals surface area contributed by atoms with Gasteiger partial charge in [-0.2, -0.15) is 5.10 Å². The van der Waals surface area contributed by atoms with Gasteiger partial charge in [-0.1, -0.05) is 24.3 Å². The summed E-state index contributed by atoms with van der Waals surface area (Å²) in [4.78, 5) is 5.53. The van der Waals surface area contributed by atoms with E-state index in [4.69, 9.17) is 5.10 Å². The lowest BCUT2D eigenvalue weighted by Gasteiger charge is -2.04. The van der Waals surface area contributed by atoms with Gasteiger partial charge in [-0.05, 0) is 42.1 Å². The van der Waals surface area contributed by atoms with Crippen molar-refractivity contribution in [2.45, 2.75) is 13.0 Å². The summed E-state index contributed by atoms with van der Waals surface area (Å²) < 4.78 is 1.95. The van der Waals surface area contributed by atoms with E-state index in [-0.39, 0.29) is 0 Å². The Balaban J connectivity index is 1.54. The van der Waals surface area contributed by atoms with E-state index in [0.717, 1.165) is 36.5 Å². The van der Waals surface area contributed by atoms with E-state index in [0.29, 0.717) is 0 Å². The topological polar surface area (TPSA) is 42.7 Å². The van der Waals surface area contributed by atoms with Gasteiger partial charge >= 0.3 is 0 Å². The second kappa shape index (κ2) is 8.08. The van der Waals surface area contributed by atoms with Crippen LogP contribution in [-0.2, 0) is 13.0 Å². The summed E-state index contributed by atoms with van der Waals surface area (Å²) in [5, 5.41) is 10.5. The second-order valence-electron chi connectivity index (χ2n) is 6.03. The molecule has 0 spiro atoms. The number of rotatable bonds is 7. The van der Waals surface area contributed by atoms with E-state index in [2.05, 4.69) is 46.1 Å². The minimum Gasteiger partial charge on any atom is -0.312 e. The number of thiophene rings is 1. The van der Waals surface area contributed by atoms with Gasteiger partial charge in [-0.25, -0.2) is 4.68 Å². The van der Waals surface area contributed by atoms with Crippen LogP contribution in [-0.4, -0.2) is 21.3 Å². The fourth-order valence-corrected chi connectivity index (χ4v) is 3.60. The first kappa shape index (κ1) is 16.7. The van der Waals surface area contributed by atoms with E-state index in [1.54, 1.807) is 0 Å². The number of aromatic nitrogens is 3. The number of nitrogens with one attached hydrogen (secondary N) is 1. The zero-order chi connectivity index (χ0) is 17.6. The van der Waals surface area contributed by atoms with Crippen LogP contribution in [0.25, 0.3) is 16.9 Å². The highest BCUT2D eigenvalue weighted by Crippen LogP contribution is 2.23. The maximum absolute atomic E-state index is 4.83. The molecule has 5 heteroatoms. The van der Waals surface area contributed by atoms with E-state index < -0.39 is 0 Å². The molecule has 0 saturated heterocycles. The molecule has 26 heavy (non-hydrogen) atoms. The molecule has 0 saturated carbocycles. The zero-order valence-corrected chi connectivity index (χ0v) is 15.2. The average molecular weight is 360 g/mol. The van der Waals surface area contributed by atoms with E-state index in [1.807, 2.05) is 58.7 Å². The highest BCUT2D eigenvalue weighted by atomic mass is 32.1. The third kappa shape index (κ3) is 3.90. The largest absolute Gasteiger partial charge is 0.312 e. The molecule has 3 aromatic heterocycles. The smallest absolute Gasteiger partial charge is 0.0973 e. The van der Waals surface area contributed by atoms with Crippen LogP contribution < -0.4 is 5.32 Å². The van der Waals surface area contributed by atoms with Gasteiger partial charge in [0.2, 0.25) is 0 Å². The van der Waals surface area contributed by atoms with Gasteiger partial charge in [0.1, 0.15) is 0 Å². The summed E-state index contributed by atoms with van der Waals surface area (Å²) in [6.07, 6.45) is 6.79. The minimum absolute atomic E-state index is 0.788. The molecule has 0 aliphatic heterocycles. The SMILES string of the molecule is c1ccc(-n2cc(CNCCc3cccs3)c(-c3ccncc3)n2)cc1. The van der Waals surface area contributed by atoms with Crippen molar-refractivity contribution < 1.29 is 0 Å². The maximum atomic E-state index is 4.83. The van der Waals surface area contributed by atoms with Gasteiger partial charge in [-0.3, -0.25) is 4.98 Å². The van der Waals surface area contributed by atoms with Crippen LogP contribution >= 0.6 is 11.3 Å². The standard InChI is InChI=1S/C21H20N4S/c1-2-5-19(6-3-1)25-16-18(15-23-13-10-20-7-4-14-26-20)21(24-25)17-8-11-22-12-9-17/h1-9,11-12,14,16,23H,10,13,15H2. The molecule has 0 unspecified atom stereocenters. The zero-order valence-electron chi connectivity index (χ0n) is 14.4. The number of para-hydroxylation sites is 1. The molecule has 4 nitrogen and oxygen atoms in total. The number of nitrogens with zero attached hydrogens (tertiary/aromatic N) is 3. The molecular formula is C21H20N4S. The van der Waals surface area contributed by atoms with Gasteiger partial charge < -0.3 is 5.32 Å². The lowest BCUT2D eigenvalue weighted by molar-refractivity contribution is 0.691. The molecular weight excluding hydrogens is 340 g/mol. The van der Waals surface area contributed by atoms with Crippen molar-refractivity contribution in [3.8, 4) is 16.9 Å². The van der Waals surface area contributed by atoms with Crippen molar-refractivity contribution in [2.75, 3.05) is 6.54 Å². The Morgan fingerprint density at radius 1 is 0.962 bits per heavy atom. The minimum atomic E-state index is 0.788. The van der Waals surface area contributed by atoms with Gasteiger partial charge in [-0.15, -0.1) is 11.3 Å². The Bertz CT molecular complexity index is 931. The first-order valence-electron chi connectivity index (χ1n) is 8.67. The van der Waals surface area contributed by atoms with Crippen LogP contribution in [0.1, 0.15) is 10.4 Å². The molecule has 0 atom stereocenters. The van der Waals surface area contributed by atoms with Gasteiger partial charge in [0, 0.05) is 47.7 Å². The van der Waals surface area contributed by atoms with E-state index in [1.165, 1.54) is 10.4 Å². The summed E-state index contributed by atoms with van der Waals surface area (Å²) in [7, 11) is 0. The number of benzene rings is 1. The Morgan fingerprint density at radius 3 is 2.58 bits per heavy atom. The summed E-state index contributed by atoms with van der Waals surface area (Å²) in [6.45, 7) is 1.74. The van der Waals surface area contributed by atoms with Gasteiger partial charge in [0.05, 0.1) is 11.4 Å². The molecule has 0 aliphatic carbocycles. The van der Waals surface area contributed by atoms with E-state index >= 15 is 0 Å². The van der Waals surface area contributed by atoms with Crippen LogP contribution in [0.2, 0.25) is 0 Å². The van der Waals surface area contributed by atoms with Crippen LogP contribution in [0, 0.1) is 0 Å². The summed E-state index contributed by atoms with van der Waals surface area (Å²) >= 11 is 1.81. The fraction of sp³-hybridized carbons (Fsp3) is 0.143. The van der Waals surface area contributed by atoms with Crippen molar-refractivity contribution in [2.24, 2.45) is 0 Å². The Labute approximate surface area is 157 Å². The molecule has 0 radical (unpaired) electrons. The van der Waals surface area contributed by atoms with Crippen LogP contribution in [0.15, 0.2) is 78.6 Å². The van der Waals surface area contributed by atoms with Gasteiger partial charge in [0.25, 0.3) is 0 Å². The lowest BCUT2D eigenvalue weighted by atomic mass is 10.1. The first-order chi connectivity index (χ1) is 12.9. The van der Waals surface area contributed by atoms with E-state index in [9.17, 15) is 0 Å². The molecule has 3 heterocycles. The monoisotopic (exact) mass is 360 g/mol. The van der Waals surface area contributed by atoms with Crippen molar-refractivity contribution in [1.82, 2.24) is 20.1 Å². The molecule has 1 aromatic carbocycles. The van der Waals surface area contributed by atoms with Crippen molar-refractivity contribution in [3.05, 3.63) is 89.0 Å². The van der Waals surface area contributed by atoms with Crippen molar-refractivity contribution in [1.29, 1.82) is 0 Å². The summed E-state index contributed by atoms with van der Waals surface area (Å²) in [6, 6.07) is 18.5. The summed E-state index contributed by atoms with van der Waals surface area (Å²) in [5.74, 6) is 0. The quantitative estimate of drug-likeness (QED) is 0.499. The lowest BCUT2D eigenvalue weighted by Crippen LogP contribution is -2.16. The average Bonchev–Trinajstić information content (AvgIpc) is 3.37. The predicted octanol–water partition coefficient (Wildman–Crippen LogP) is 4.33. The highest BCUT2D eigenvalue weighted by molar-refractivity contribution is 7.09. The van der Waals surface area contributed by atoms with Crippen molar-refractivity contribution in [3.63, 3.8) is 0 Å². The van der Waals surface area contributed by atoms with Gasteiger partial charge in [0.15, 0.2) is 0 Å². The Hall–Kier alpha value is -2.76. The number of hydrogen-bond acceptors (Lipinski definition) is 4. The van der Waals surface area contributed by atoms with Crippen LogP contribution in [0.4, 0.5) is 0 Å². The first-order valence-corrected chi connectivity index (χ1v) is 9.55. The fourth-order valence-electron chi connectivity index (χ4n) is 2.89. The Morgan fingerprint density at radius 2 is 1.81 bits per heavy atom. The second-order valence-corrected chi connectivity index (χ2v) is 7.06. The van der Waals surface area contributed by atoms with Crippen molar-refractivity contribution >= 4 is 11.3 Å². The third-order valence-electron chi connectivity index (χ3n) is 4.21. The molecule has 0 bridgehead atoms. The molecule has 0 amide bonds. The predicted molar refractivity (Wildman–Crippen MR) is 107 cm³/mol. The molecule has 4 rings (SSSR count). The third-order valence-corrected chi connectivity index (χ3v) is 5.14. The normalized spacial score (nSPS) is 10.9. The summed E-state index contributed by atoms with van der Waals surface area (Å²) in [5.41, 5.74) is 4.34. The van der Waals surface area contributed by atoms with Crippen LogP contribution in [0.3, 0.4) is 0 Å². The Kier molecular flexibility index (Phi) is 5.19. The molecule has 130 valence electrons.